The van der Waals surface area contributed by atoms with Gasteiger partial charge in [0.25, 0.3) is 0 Å². The van der Waals surface area contributed by atoms with Gasteiger partial charge in [-0.15, -0.1) is 0 Å². The quantitative estimate of drug-likeness (QED) is 0.414. The first-order valence-corrected chi connectivity index (χ1v) is 9.77. The van der Waals surface area contributed by atoms with E-state index in [1.165, 1.54) is 6.42 Å². The summed E-state index contributed by atoms with van der Waals surface area (Å²) in [6, 6.07) is -0.474. The van der Waals surface area contributed by atoms with Crippen molar-refractivity contribution in [3.05, 3.63) is 10.1 Å². The third kappa shape index (κ3) is 5.58. The van der Waals surface area contributed by atoms with Gasteiger partial charge >= 0.3 is 0 Å². The van der Waals surface area contributed by atoms with Gasteiger partial charge in [0.05, 0.1) is 31.3 Å². The number of nitrogens with one attached hydrogen (secondary N) is 1. The summed E-state index contributed by atoms with van der Waals surface area (Å²) in [4.78, 5) is 11.1. The minimum absolute atomic E-state index is 0.101. The minimum Gasteiger partial charge on any atom is -0.383 e. The van der Waals surface area contributed by atoms with Crippen LogP contribution in [0.3, 0.4) is 0 Å². The molecule has 1 saturated heterocycles. The molecule has 9 heteroatoms. The van der Waals surface area contributed by atoms with Gasteiger partial charge in [-0.1, -0.05) is 19.3 Å². The first-order valence-electron chi connectivity index (χ1n) is 9.77. The van der Waals surface area contributed by atoms with Gasteiger partial charge < -0.3 is 18.9 Å². The minimum atomic E-state index is -0.230. The smallest absolute Gasteiger partial charge is 0.220 e. The number of hydrogen-bond donors (Lipinski definition) is 1. The maximum atomic E-state index is 11.3. The number of hydrazine groups is 1. The summed E-state index contributed by atoms with van der Waals surface area (Å²) < 4.78 is 22.3. The van der Waals surface area contributed by atoms with Gasteiger partial charge in [-0.3, -0.25) is 10.1 Å². The Balaban J connectivity index is 2.24. The largest absolute Gasteiger partial charge is 0.383 e. The second kappa shape index (κ2) is 11.2. The molecule has 0 spiro atoms. The zero-order valence-electron chi connectivity index (χ0n) is 17.0. The molecule has 0 bridgehead atoms. The molecule has 0 aromatic carbocycles. The lowest BCUT2D eigenvalue weighted by atomic mass is 9.84. The van der Waals surface area contributed by atoms with E-state index in [-0.39, 0.29) is 47.7 Å². The predicted octanol–water partition coefficient (Wildman–Crippen LogP) is 1.09. The average molecular weight is 389 g/mol. The van der Waals surface area contributed by atoms with E-state index < -0.39 is 0 Å². The van der Waals surface area contributed by atoms with Crippen molar-refractivity contribution in [2.45, 2.75) is 62.4 Å². The third-order valence-corrected chi connectivity index (χ3v) is 5.90. The van der Waals surface area contributed by atoms with Crippen LogP contribution >= 0.6 is 0 Å². The van der Waals surface area contributed by atoms with E-state index in [1.54, 1.807) is 28.4 Å². The lowest BCUT2D eigenvalue weighted by Crippen LogP contribution is -2.58. The highest BCUT2D eigenvalue weighted by molar-refractivity contribution is 5.02. The fraction of sp³-hybridized carbons (Fsp3) is 1.00. The molecule has 0 unspecified atom stereocenters. The normalized spacial score (nSPS) is 31.3. The summed E-state index contributed by atoms with van der Waals surface area (Å²) in [6.45, 7) is 0.763. The Kier molecular flexibility index (Phi) is 9.34. The third-order valence-electron chi connectivity index (χ3n) is 5.90. The Bertz CT molecular complexity index is 429. The van der Waals surface area contributed by atoms with Gasteiger partial charge in [0.15, 0.2) is 0 Å². The molecule has 2 aliphatic rings. The summed E-state index contributed by atoms with van der Waals surface area (Å²) in [6.07, 6.45) is 5.07. The number of hydrogen-bond acceptors (Lipinski definition) is 8. The number of nitro groups is 1. The Labute approximate surface area is 161 Å². The van der Waals surface area contributed by atoms with Crippen LogP contribution in [-0.4, -0.2) is 88.5 Å². The van der Waals surface area contributed by atoms with E-state index in [9.17, 15) is 10.1 Å². The standard InChI is InChI=1S/C18H35N3O6/c1-24-11-15-17(26-3)18(27-4)16(12-25-2)21(15)19-14(10-20(22)23)13-8-6-5-7-9-13/h13-19H,5-12H2,1-4H3/t14-,15+,16+,17-,18-/m1/s1. The lowest BCUT2D eigenvalue weighted by Gasteiger charge is -2.37. The molecule has 1 aliphatic heterocycles. The highest BCUT2D eigenvalue weighted by atomic mass is 16.6. The van der Waals surface area contributed by atoms with E-state index in [2.05, 4.69) is 5.43 Å². The zero-order valence-corrected chi connectivity index (χ0v) is 17.0. The Morgan fingerprint density at radius 1 is 1.00 bits per heavy atom. The molecule has 0 aromatic heterocycles. The SMILES string of the molecule is COC[C@H]1[C@@H](OC)[C@H](OC)[C@H](COC)N1N[C@H](C[N+](=O)[O-])C1CCCCC1. The van der Waals surface area contributed by atoms with Crippen LogP contribution in [0.1, 0.15) is 32.1 Å². The maximum Gasteiger partial charge on any atom is 0.220 e. The van der Waals surface area contributed by atoms with Crippen LogP contribution in [0.5, 0.6) is 0 Å². The van der Waals surface area contributed by atoms with Crippen LogP contribution in [0.2, 0.25) is 0 Å². The molecule has 1 saturated carbocycles. The van der Waals surface area contributed by atoms with Gasteiger partial charge in [-0.05, 0) is 18.8 Å². The first kappa shape index (κ1) is 22.4. The van der Waals surface area contributed by atoms with Crippen LogP contribution in [-0.2, 0) is 18.9 Å². The van der Waals surface area contributed by atoms with E-state index in [1.807, 2.05) is 5.01 Å². The molecule has 158 valence electrons. The van der Waals surface area contributed by atoms with Crippen molar-refractivity contribution in [3.63, 3.8) is 0 Å². The van der Waals surface area contributed by atoms with Crippen molar-refractivity contribution >= 4 is 0 Å². The Morgan fingerprint density at radius 2 is 1.52 bits per heavy atom. The summed E-state index contributed by atoms with van der Waals surface area (Å²) in [5.41, 5.74) is 3.49. The monoisotopic (exact) mass is 389 g/mol. The number of rotatable bonds is 11. The summed E-state index contributed by atoms with van der Waals surface area (Å²) in [5.74, 6) is 0.290. The molecule has 0 radical (unpaired) electrons. The van der Waals surface area contributed by atoms with Gasteiger partial charge in [0.1, 0.15) is 12.2 Å². The van der Waals surface area contributed by atoms with Crippen LogP contribution < -0.4 is 5.43 Å². The first-order chi connectivity index (χ1) is 13.1. The topological polar surface area (TPSA) is 95.3 Å². The van der Waals surface area contributed by atoms with Crippen molar-refractivity contribution in [2.75, 3.05) is 48.2 Å². The molecule has 1 N–H and O–H groups in total. The molecule has 0 amide bonds. The van der Waals surface area contributed by atoms with Gasteiger partial charge in [-0.25, -0.2) is 10.4 Å². The molecule has 1 heterocycles. The average Bonchev–Trinajstić information content (AvgIpc) is 2.94. The van der Waals surface area contributed by atoms with Crippen molar-refractivity contribution in [1.29, 1.82) is 0 Å². The molecule has 5 atom stereocenters. The summed E-state index contributed by atoms with van der Waals surface area (Å²) in [7, 11) is 6.60. The van der Waals surface area contributed by atoms with Crippen molar-refractivity contribution in [3.8, 4) is 0 Å². The van der Waals surface area contributed by atoms with Gasteiger partial charge in [0, 0.05) is 33.4 Å². The van der Waals surface area contributed by atoms with Crippen molar-refractivity contribution < 1.29 is 23.9 Å². The molecule has 0 aromatic rings. The second-order valence-corrected chi connectivity index (χ2v) is 7.50. The van der Waals surface area contributed by atoms with E-state index in [0.29, 0.717) is 13.2 Å². The maximum absolute atomic E-state index is 11.3. The fourth-order valence-electron chi connectivity index (χ4n) is 4.65. The molecule has 27 heavy (non-hydrogen) atoms. The molecular formula is C18H35N3O6. The molecule has 2 fully saturated rings. The van der Waals surface area contributed by atoms with Crippen LogP contribution in [0, 0.1) is 16.0 Å². The van der Waals surface area contributed by atoms with Gasteiger partial charge in [-0.2, -0.15) is 0 Å². The highest BCUT2D eigenvalue weighted by Gasteiger charge is 2.51. The number of nitrogens with zero attached hydrogens (tertiary/aromatic N) is 2. The van der Waals surface area contributed by atoms with Crippen molar-refractivity contribution in [1.82, 2.24) is 10.4 Å². The number of ether oxygens (including phenoxy) is 4. The van der Waals surface area contributed by atoms with Crippen LogP contribution in [0.25, 0.3) is 0 Å². The Hall–Kier alpha value is -0.840. The van der Waals surface area contributed by atoms with Crippen LogP contribution in [0.4, 0.5) is 0 Å². The van der Waals surface area contributed by atoms with E-state index >= 15 is 0 Å². The predicted molar refractivity (Wildman–Crippen MR) is 100 cm³/mol. The molecule has 9 nitrogen and oxygen atoms in total. The molecular weight excluding hydrogens is 354 g/mol. The lowest BCUT2D eigenvalue weighted by molar-refractivity contribution is -0.486. The zero-order chi connectivity index (χ0) is 19.8. The fourth-order valence-corrected chi connectivity index (χ4v) is 4.65. The summed E-state index contributed by atoms with van der Waals surface area (Å²) >= 11 is 0. The van der Waals surface area contributed by atoms with E-state index in [4.69, 9.17) is 18.9 Å². The molecule has 2 rings (SSSR count). The number of methoxy groups -OCH3 is 4. The van der Waals surface area contributed by atoms with Gasteiger partial charge in [0.2, 0.25) is 6.54 Å². The van der Waals surface area contributed by atoms with Crippen LogP contribution in [0.15, 0.2) is 0 Å². The Morgan fingerprint density at radius 3 is 1.93 bits per heavy atom. The van der Waals surface area contributed by atoms with Crippen molar-refractivity contribution in [2.24, 2.45) is 5.92 Å². The molecule has 1 aliphatic carbocycles. The highest BCUT2D eigenvalue weighted by Crippen LogP contribution is 2.31. The second-order valence-electron chi connectivity index (χ2n) is 7.50. The summed E-state index contributed by atoms with van der Waals surface area (Å²) in [5, 5.41) is 13.4. The van der Waals surface area contributed by atoms with E-state index in [0.717, 1.165) is 25.7 Å².